The minimum atomic E-state index is -1.13. The molecule has 158 valence electrons. The Morgan fingerprint density at radius 1 is 1.10 bits per heavy atom. The molecule has 3 rings (SSSR count). The Hall–Kier alpha value is -3.49. The lowest BCUT2D eigenvalue weighted by molar-refractivity contribution is -0.159. The summed E-state index contributed by atoms with van der Waals surface area (Å²) in [6, 6.07) is 5.08. The van der Waals surface area contributed by atoms with Gasteiger partial charge in [-0.3, -0.25) is 19.3 Å². The van der Waals surface area contributed by atoms with Crippen LogP contribution in [0.4, 0.5) is 5.69 Å². The molecule has 1 aliphatic carbocycles. The number of para-hydroxylation sites is 1. The molecule has 9 nitrogen and oxygen atoms in total. The third kappa shape index (κ3) is 4.10. The largest absolute Gasteiger partial charge is 0.465 e. The van der Waals surface area contributed by atoms with Gasteiger partial charge in [-0.05, 0) is 31.9 Å². The van der Waals surface area contributed by atoms with Gasteiger partial charge in [0.25, 0.3) is 5.91 Å². The number of imide groups is 1. The molecule has 0 aromatic heterocycles. The van der Waals surface area contributed by atoms with Gasteiger partial charge in [-0.2, -0.15) is 0 Å². The number of fused-ring (bicyclic) bond motifs is 1. The van der Waals surface area contributed by atoms with Crippen molar-refractivity contribution in [3.05, 3.63) is 42.0 Å². The van der Waals surface area contributed by atoms with E-state index in [0.717, 1.165) is 4.90 Å². The van der Waals surface area contributed by atoms with Gasteiger partial charge >= 0.3 is 11.9 Å². The molecule has 1 saturated heterocycles. The summed E-state index contributed by atoms with van der Waals surface area (Å²) in [5.41, 5.74) is 0.359. The van der Waals surface area contributed by atoms with Crippen molar-refractivity contribution in [1.82, 2.24) is 4.90 Å². The molecular formula is C21H22N2O7. The number of amides is 3. The van der Waals surface area contributed by atoms with E-state index < -0.39 is 54.1 Å². The summed E-state index contributed by atoms with van der Waals surface area (Å²) in [6.07, 6.45) is 4.65. The summed E-state index contributed by atoms with van der Waals surface area (Å²) in [5, 5.41) is 2.48. The minimum Gasteiger partial charge on any atom is -0.465 e. The molecule has 30 heavy (non-hydrogen) atoms. The number of hydrogen-bond donors (Lipinski definition) is 1. The zero-order valence-corrected chi connectivity index (χ0v) is 16.6. The fraction of sp³-hybridized carbons (Fsp3) is 0.381. The third-order valence-electron chi connectivity index (χ3n) is 5.22. The maximum atomic E-state index is 12.5. The highest BCUT2D eigenvalue weighted by molar-refractivity contribution is 6.08. The molecule has 1 aromatic carbocycles. The van der Waals surface area contributed by atoms with E-state index in [9.17, 15) is 24.0 Å². The highest BCUT2D eigenvalue weighted by Crippen LogP contribution is 2.36. The van der Waals surface area contributed by atoms with Gasteiger partial charge in [-0.25, -0.2) is 9.59 Å². The first-order valence-corrected chi connectivity index (χ1v) is 9.51. The predicted octanol–water partition coefficient (Wildman–Crippen LogP) is 1.29. The van der Waals surface area contributed by atoms with Crippen LogP contribution in [0.1, 0.15) is 30.1 Å². The zero-order valence-electron chi connectivity index (χ0n) is 16.6. The fourth-order valence-corrected chi connectivity index (χ4v) is 3.64. The molecule has 1 N–H and O–H groups in total. The van der Waals surface area contributed by atoms with Crippen LogP contribution in [0.25, 0.3) is 0 Å². The van der Waals surface area contributed by atoms with Crippen LogP contribution in [0, 0.1) is 11.8 Å². The first-order valence-electron chi connectivity index (χ1n) is 9.51. The monoisotopic (exact) mass is 414 g/mol. The molecule has 0 saturated carbocycles. The molecule has 0 radical (unpaired) electrons. The molecule has 1 aliphatic heterocycles. The number of nitrogens with one attached hydrogen (secondary N) is 1. The first-order chi connectivity index (χ1) is 14.3. The van der Waals surface area contributed by atoms with Crippen LogP contribution in [0.3, 0.4) is 0 Å². The minimum absolute atomic E-state index is 0.150. The van der Waals surface area contributed by atoms with E-state index in [2.05, 4.69) is 10.1 Å². The molecule has 1 fully saturated rings. The van der Waals surface area contributed by atoms with Crippen molar-refractivity contribution < 1.29 is 33.4 Å². The summed E-state index contributed by atoms with van der Waals surface area (Å²) >= 11 is 0. The molecule has 9 heteroatoms. The van der Waals surface area contributed by atoms with Gasteiger partial charge in [0.1, 0.15) is 6.04 Å². The van der Waals surface area contributed by atoms with Gasteiger partial charge < -0.3 is 14.8 Å². The number of carbonyl (C=O) groups excluding carboxylic acids is 5. The summed E-state index contributed by atoms with van der Waals surface area (Å²) < 4.78 is 9.65. The fourth-order valence-electron chi connectivity index (χ4n) is 3.64. The molecule has 1 aromatic rings. The molecule has 0 bridgehead atoms. The number of nitrogens with zero attached hydrogens (tertiary/aromatic N) is 1. The lowest BCUT2D eigenvalue weighted by Crippen LogP contribution is -2.45. The Kier molecular flexibility index (Phi) is 6.29. The Bertz CT molecular complexity index is 898. The van der Waals surface area contributed by atoms with E-state index in [1.807, 2.05) is 12.2 Å². The van der Waals surface area contributed by atoms with E-state index >= 15 is 0 Å². The van der Waals surface area contributed by atoms with Crippen LogP contribution < -0.4 is 5.32 Å². The Labute approximate surface area is 173 Å². The number of methoxy groups -OCH3 is 1. The van der Waals surface area contributed by atoms with Gasteiger partial charge in [0.05, 0.1) is 30.2 Å². The number of ether oxygens (including phenoxy) is 2. The normalized spacial score (nSPS) is 21.1. The zero-order chi connectivity index (χ0) is 21.8. The van der Waals surface area contributed by atoms with Crippen LogP contribution in [-0.2, 0) is 28.7 Å². The highest BCUT2D eigenvalue weighted by Gasteiger charge is 2.50. The Morgan fingerprint density at radius 3 is 2.30 bits per heavy atom. The van der Waals surface area contributed by atoms with Crippen molar-refractivity contribution >= 4 is 35.3 Å². The van der Waals surface area contributed by atoms with E-state index in [1.54, 1.807) is 12.1 Å². The second-order valence-corrected chi connectivity index (χ2v) is 7.07. The van der Waals surface area contributed by atoms with Crippen molar-refractivity contribution in [2.24, 2.45) is 11.8 Å². The van der Waals surface area contributed by atoms with Crippen molar-refractivity contribution in [3.8, 4) is 0 Å². The number of hydrogen-bond acceptors (Lipinski definition) is 7. The van der Waals surface area contributed by atoms with Crippen molar-refractivity contribution in [1.29, 1.82) is 0 Å². The maximum absolute atomic E-state index is 12.5. The number of benzene rings is 1. The summed E-state index contributed by atoms with van der Waals surface area (Å²) in [6.45, 7) is 0.761. The second-order valence-electron chi connectivity index (χ2n) is 7.07. The van der Waals surface area contributed by atoms with E-state index in [0.29, 0.717) is 12.8 Å². The van der Waals surface area contributed by atoms with Crippen LogP contribution >= 0.6 is 0 Å². The molecule has 1 heterocycles. The average molecular weight is 414 g/mol. The van der Waals surface area contributed by atoms with Crippen molar-refractivity contribution in [3.63, 3.8) is 0 Å². The molecule has 3 amide bonds. The number of likely N-dealkylation sites (tertiary alicyclic amines) is 1. The number of rotatable bonds is 6. The third-order valence-corrected chi connectivity index (χ3v) is 5.22. The van der Waals surface area contributed by atoms with E-state index in [4.69, 9.17) is 4.74 Å². The average Bonchev–Trinajstić information content (AvgIpc) is 3.01. The summed E-state index contributed by atoms with van der Waals surface area (Å²) in [4.78, 5) is 62.3. The summed E-state index contributed by atoms with van der Waals surface area (Å²) in [7, 11) is 1.22. The first kappa shape index (κ1) is 21.2. The van der Waals surface area contributed by atoms with Gasteiger partial charge in [0, 0.05) is 0 Å². The Balaban J connectivity index is 1.58. The number of esters is 2. The number of anilines is 1. The lowest BCUT2D eigenvalue weighted by atomic mass is 9.85. The molecular weight excluding hydrogens is 392 g/mol. The molecule has 0 unspecified atom stereocenters. The van der Waals surface area contributed by atoms with Crippen LogP contribution in [0.15, 0.2) is 36.4 Å². The van der Waals surface area contributed by atoms with Crippen LogP contribution in [0.2, 0.25) is 0 Å². The van der Waals surface area contributed by atoms with E-state index in [1.165, 1.54) is 26.2 Å². The van der Waals surface area contributed by atoms with Crippen molar-refractivity contribution in [2.75, 3.05) is 19.0 Å². The second kappa shape index (κ2) is 8.89. The van der Waals surface area contributed by atoms with Gasteiger partial charge in [0.2, 0.25) is 11.8 Å². The number of carbonyl (C=O) groups is 5. The van der Waals surface area contributed by atoms with Gasteiger partial charge in [0.15, 0.2) is 6.61 Å². The Morgan fingerprint density at radius 2 is 1.70 bits per heavy atom. The number of allylic oxidation sites excluding steroid dienone is 2. The standard InChI is InChI=1S/C21H22N2O7/c1-12(23-18(25)13-7-3-4-8-14(13)19(23)26)20(27)30-11-17(24)22-16-10-6-5-9-15(16)21(28)29-2/h3-6,9-10,12-14H,7-8,11H2,1-2H3,(H,22,24)/t12-,13+,14+/m0/s1. The summed E-state index contributed by atoms with van der Waals surface area (Å²) in [5.74, 6) is -3.85. The topological polar surface area (TPSA) is 119 Å². The van der Waals surface area contributed by atoms with Crippen molar-refractivity contribution in [2.45, 2.75) is 25.8 Å². The maximum Gasteiger partial charge on any atom is 0.339 e. The smallest absolute Gasteiger partial charge is 0.339 e. The SMILES string of the molecule is COC(=O)c1ccccc1NC(=O)COC(=O)[C@H](C)N1C(=O)[C@@H]2CC=CC[C@H]2C1=O. The highest BCUT2D eigenvalue weighted by atomic mass is 16.5. The van der Waals surface area contributed by atoms with Gasteiger partial charge in [-0.1, -0.05) is 24.3 Å². The van der Waals surface area contributed by atoms with Crippen LogP contribution in [-0.4, -0.2) is 54.3 Å². The van der Waals surface area contributed by atoms with Gasteiger partial charge in [-0.15, -0.1) is 0 Å². The quantitative estimate of drug-likeness (QED) is 0.423. The van der Waals surface area contributed by atoms with E-state index in [-0.39, 0.29) is 11.3 Å². The predicted molar refractivity (Wildman–Crippen MR) is 104 cm³/mol. The molecule has 2 aliphatic rings. The lowest BCUT2D eigenvalue weighted by Gasteiger charge is -2.21. The molecule has 3 atom stereocenters. The molecule has 0 spiro atoms. The van der Waals surface area contributed by atoms with Crippen LogP contribution in [0.5, 0.6) is 0 Å².